The SMILES string of the molecule is CCCN(C(=O)c1cncn1C)[C@@H]1COC[C@@H](O)[C@H]1O. The molecule has 0 aliphatic carbocycles. The van der Waals surface area contributed by atoms with Crippen LogP contribution in [0.5, 0.6) is 0 Å². The zero-order chi connectivity index (χ0) is 14.7. The van der Waals surface area contributed by atoms with Crippen molar-refractivity contribution in [1.29, 1.82) is 0 Å². The minimum absolute atomic E-state index is 0.0948. The lowest BCUT2D eigenvalue weighted by molar-refractivity contribution is -0.125. The molecule has 0 spiro atoms. The lowest BCUT2D eigenvalue weighted by Gasteiger charge is -2.39. The molecule has 0 saturated carbocycles. The fraction of sp³-hybridized carbons (Fsp3) is 0.692. The van der Waals surface area contributed by atoms with Gasteiger partial charge in [-0.2, -0.15) is 0 Å². The molecule has 1 aromatic rings. The number of carbonyl (C=O) groups excluding carboxylic acids is 1. The minimum Gasteiger partial charge on any atom is -0.388 e. The van der Waals surface area contributed by atoms with Crippen LogP contribution in [0.2, 0.25) is 0 Å². The van der Waals surface area contributed by atoms with Crippen molar-refractivity contribution >= 4 is 5.91 Å². The van der Waals surface area contributed by atoms with Gasteiger partial charge < -0.3 is 24.4 Å². The normalized spacial score (nSPS) is 26.5. The van der Waals surface area contributed by atoms with Crippen LogP contribution in [0.4, 0.5) is 0 Å². The van der Waals surface area contributed by atoms with Gasteiger partial charge in [-0.05, 0) is 6.42 Å². The second-order valence-electron chi connectivity index (χ2n) is 5.05. The number of rotatable bonds is 4. The Balaban J connectivity index is 2.22. The Labute approximate surface area is 117 Å². The molecule has 0 aromatic carbocycles. The Hall–Kier alpha value is -1.44. The summed E-state index contributed by atoms with van der Waals surface area (Å²) in [5.74, 6) is -0.214. The fourth-order valence-electron chi connectivity index (χ4n) is 2.41. The number of nitrogens with zero attached hydrogens (tertiary/aromatic N) is 3. The van der Waals surface area contributed by atoms with Gasteiger partial charge in [0.25, 0.3) is 5.91 Å². The first-order valence-corrected chi connectivity index (χ1v) is 6.77. The maximum Gasteiger partial charge on any atom is 0.272 e. The Morgan fingerprint density at radius 3 is 2.90 bits per heavy atom. The van der Waals surface area contributed by atoms with Crippen LogP contribution in [0.1, 0.15) is 23.8 Å². The van der Waals surface area contributed by atoms with Crippen molar-refractivity contribution in [3.63, 3.8) is 0 Å². The highest BCUT2D eigenvalue weighted by Gasteiger charge is 2.38. The van der Waals surface area contributed by atoms with Gasteiger partial charge in [0, 0.05) is 13.6 Å². The number of ether oxygens (including phenoxy) is 1. The van der Waals surface area contributed by atoms with Crippen molar-refractivity contribution in [3.8, 4) is 0 Å². The van der Waals surface area contributed by atoms with Crippen LogP contribution in [0, 0.1) is 0 Å². The number of amides is 1. The molecule has 1 aliphatic rings. The van der Waals surface area contributed by atoms with Gasteiger partial charge in [0.15, 0.2) is 0 Å². The molecule has 1 aromatic heterocycles. The molecule has 1 fully saturated rings. The number of carbonyl (C=O) groups is 1. The summed E-state index contributed by atoms with van der Waals surface area (Å²) in [5, 5.41) is 19.8. The molecule has 1 amide bonds. The summed E-state index contributed by atoms with van der Waals surface area (Å²) in [6.45, 7) is 2.76. The first kappa shape index (κ1) is 15.0. The van der Waals surface area contributed by atoms with Crippen molar-refractivity contribution < 1.29 is 19.7 Å². The van der Waals surface area contributed by atoms with Crippen molar-refractivity contribution in [3.05, 3.63) is 18.2 Å². The first-order chi connectivity index (χ1) is 9.56. The van der Waals surface area contributed by atoms with Crippen LogP contribution < -0.4 is 0 Å². The second-order valence-corrected chi connectivity index (χ2v) is 5.05. The molecular formula is C13H21N3O4. The Morgan fingerprint density at radius 1 is 1.55 bits per heavy atom. The lowest BCUT2D eigenvalue weighted by atomic mass is 10.0. The number of aliphatic hydroxyl groups is 2. The molecule has 0 bridgehead atoms. The molecule has 2 rings (SSSR count). The summed E-state index contributed by atoms with van der Waals surface area (Å²) in [7, 11) is 1.74. The zero-order valence-electron chi connectivity index (χ0n) is 11.8. The number of hydrogen-bond acceptors (Lipinski definition) is 5. The van der Waals surface area contributed by atoms with E-state index >= 15 is 0 Å². The molecule has 3 atom stereocenters. The standard InChI is InChI=1S/C13H21N3O4/c1-3-4-16(10-6-20-7-11(17)12(10)18)13(19)9-5-14-8-15(9)2/h5,8,10-12,17-18H,3-4,6-7H2,1-2H3/t10-,11-,12+/m1/s1. The smallest absolute Gasteiger partial charge is 0.272 e. The summed E-state index contributed by atoms with van der Waals surface area (Å²) < 4.78 is 6.90. The third-order valence-electron chi connectivity index (χ3n) is 3.53. The van der Waals surface area contributed by atoms with Crippen molar-refractivity contribution in [1.82, 2.24) is 14.5 Å². The molecule has 0 radical (unpaired) electrons. The number of aromatic nitrogens is 2. The summed E-state index contributed by atoms with van der Waals surface area (Å²) in [6, 6.07) is -0.541. The van der Waals surface area contributed by atoms with Gasteiger partial charge in [-0.3, -0.25) is 4.79 Å². The maximum atomic E-state index is 12.6. The molecule has 7 heteroatoms. The van der Waals surface area contributed by atoms with Gasteiger partial charge in [0.2, 0.25) is 0 Å². The molecule has 2 heterocycles. The Morgan fingerprint density at radius 2 is 2.30 bits per heavy atom. The van der Waals surface area contributed by atoms with Crippen molar-refractivity contribution in [2.45, 2.75) is 31.6 Å². The third-order valence-corrected chi connectivity index (χ3v) is 3.53. The van der Waals surface area contributed by atoms with Crippen LogP contribution in [0.15, 0.2) is 12.5 Å². The second kappa shape index (κ2) is 6.34. The largest absolute Gasteiger partial charge is 0.388 e. The van der Waals surface area contributed by atoms with Crippen molar-refractivity contribution in [2.24, 2.45) is 7.05 Å². The first-order valence-electron chi connectivity index (χ1n) is 6.77. The van der Waals surface area contributed by atoms with Gasteiger partial charge in [0.1, 0.15) is 17.9 Å². The highest BCUT2D eigenvalue weighted by Crippen LogP contribution is 2.18. The predicted molar refractivity (Wildman–Crippen MR) is 71.2 cm³/mol. The van der Waals surface area contributed by atoms with E-state index < -0.39 is 18.2 Å². The maximum absolute atomic E-state index is 12.6. The molecule has 2 N–H and O–H groups in total. The third kappa shape index (κ3) is 2.84. The van der Waals surface area contributed by atoms with E-state index in [0.29, 0.717) is 12.2 Å². The molecule has 20 heavy (non-hydrogen) atoms. The average Bonchev–Trinajstić information content (AvgIpc) is 2.85. The number of aryl methyl sites for hydroxylation is 1. The molecular weight excluding hydrogens is 262 g/mol. The van der Waals surface area contributed by atoms with E-state index in [1.165, 1.54) is 6.20 Å². The van der Waals surface area contributed by atoms with Crippen LogP contribution in [0.3, 0.4) is 0 Å². The quantitative estimate of drug-likeness (QED) is 0.770. The van der Waals surface area contributed by atoms with E-state index in [2.05, 4.69) is 4.98 Å². The van der Waals surface area contributed by atoms with Gasteiger partial charge >= 0.3 is 0 Å². The van der Waals surface area contributed by atoms with E-state index in [0.717, 1.165) is 6.42 Å². The van der Waals surface area contributed by atoms with E-state index in [1.807, 2.05) is 6.92 Å². The Bertz CT molecular complexity index is 462. The predicted octanol–water partition coefficient (Wildman–Crippen LogP) is -0.607. The number of aliphatic hydroxyl groups excluding tert-OH is 2. The van der Waals surface area contributed by atoms with Crippen molar-refractivity contribution in [2.75, 3.05) is 19.8 Å². The van der Waals surface area contributed by atoms with E-state index in [9.17, 15) is 15.0 Å². The summed E-state index contributed by atoms with van der Waals surface area (Å²) >= 11 is 0. The fourth-order valence-corrected chi connectivity index (χ4v) is 2.41. The molecule has 112 valence electrons. The summed E-state index contributed by atoms with van der Waals surface area (Å²) in [4.78, 5) is 18.1. The minimum atomic E-state index is -0.993. The van der Waals surface area contributed by atoms with Crippen LogP contribution in [-0.4, -0.2) is 68.6 Å². The highest BCUT2D eigenvalue weighted by atomic mass is 16.5. The van der Waals surface area contributed by atoms with Gasteiger partial charge in [0.05, 0.1) is 31.8 Å². The van der Waals surface area contributed by atoms with E-state index in [-0.39, 0.29) is 19.1 Å². The van der Waals surface area contributed by atoms with Crippen LogP contribution >= 0.6 is 0 Å². The molecule has 0 unspecified atom stereocenters. The van der Waals surface area contributed by atoms with E-state index in [1.54, 1.807) is 22.8 Å². The zero-order valence-corrected chi connectivity index (χ0v) is 11.8. The van der Waals surface area contributed by atoms with Gasteiger partial charge in [-0.15, -0.1) is 0 Å². The molecule has 1 aliphatic heterocycles. The van der Waals surface area contributed by atoms with E-state index in [4.69, 9.17) is 4.74 Å². The number of hydrogen-bond donors (Lipinski definition) is 2. The molecule has 1 saturated heterocycles. The lowest BCUT2D eigenvalue weighted by Crippen LogP contribution is -2.57. The summed E-state index contributed by atoms with van der Waals surface area (Å²) in [5.41, 5.74) is 0.450. The van der Waals surface area contributed by atoms with Crippen LogP contribution in [0.25, 0.3) is 0 Å². The van der Waals surface area contributed by atoms with Gasteiger partial charge in [-0.1, -0.05) is 6.92 Å². The average molecular weight is 283 g/mol. The Kier molecular flexibility index (Phi) is 4.74. The topological polar surface area (TPSA) is 87.8 Å². The molecule has 7 nitrogen and oxygen atoms in total. The number of imidazole rings is 1. The van der Waals surface area contributed by atoms with Gasteiger partial charge in [-0.25, -0.2) is 4.98 Å². The summed E-state index contributed by atoms with van der Waals surface area (Å²) in [6.07, 6.45) is 1.85. The highest BCUT2D eigenvalue weighted by molar-refractivity contribution is 5.92. The van der Waals surface area contributed by atoms with Crippen LogP contribution in [-0.2, 0) is 11.8 Å². The monoisotopic (exact) mass is 283 g/mol.